The topological polar surface area (TPSA) is 55.1 Å². The van der Waals surface area contributed by atoms with Crippen LogP contribution in [0.1, 0.15) is 30.4 Å². The molecule has 1 saturated carbocycles. The van der Waals surface area contributed by atoms with Crippen LogP contribution in [0.5, 0.6) is 0 Å². The Labute approximate surface area is 109 Å². The number of aryl methyl sites for hydroxylation is 1. The fourth-order valence-electron chi connectivity index (χ4n) is 2.05. The van der Waals surface area contributed by atoms with Crippen LogP contribution in [0.3, 0.4) is 0 Å². The molecule has 3 nitrogen and oxygen atoms in total. The monoisotopic (exact) mass is 272 g/mol. The van der Waals surface area contributed by atoms with Gasteiger partial charge in [0.25, 0.3) is 0 Å². The van der Waals surface area contributed by atoms with Crippen LogP contribution < -0.4 is 11.1 Å². The number of amides is 1. The molecule has 1 aromatic carbocycles. The highest BCUT2D eigenvalue weighted by molar-refractivity contribution is 5.98. The van der Waals surface area contributed by atoms with Crippen molar-refractivity contribution in [3.05, 3.63) is 29.3 Å². The van der Waals surface area contributed by atoms with Crippen LogP contribution >= 0.6 is 0 Å². The van der Waals surface area contributed by atoms with Gasteiger partial charge in [-0.1, -0.05) is 6.07 Å². The Bertz CT molecular complexity index is 507. The Kier molecular flexibility index (Phi) is 3.30. The van der Waals surface area contributed by atoms with Gasteiger partial charge < -0.3 is 11.1 Å². The number of anilines is 1. The average Bonchev–Trinajstić information content (AvgIpc) is 2.27. The normalized spacial score (nSPS) is 17.7. The molecule has 0 unspecified atom stereocenters. The molecule has 0 radical (unpaired) electrons. The highest BCUT2D eigenvalue weighted by Crippen LogP contribution is 2.34. The van der Waals surface area contributed by atoms with Gasteiger partial charge in [-0.2, -0.15) is 13.2 Å². The van der Waals surface area contributed by atoms with Crippen molar-refractivity contribution < 1.29 is 18.0 Å². The molecule has 6 heteroatoms. The maximum absolute atomic E-state index is 12.7. The summed E-state index contributed by atoms with van der Waals surface area (Å²) in [5.41, 5.74) is 4.39. The minimum absolute atomic E-state index is 0.122. The third-order valence-electron chi connectivity index (χ3n) is 3.50. The van der Waals surface area contributed by atoms with E-state index in [-0.39, 0.29) is 11.3 Å². The molecule has 2 rings (SSSR count). The lowest BCUT2D eigenvalue weighted by molar-refractivity contribution is -0.138. The molecule has 0 aromatic heterocycles. The van der Waals surface area contributed by atoms with E-state index in [0.29, 0.717) is 12.8 Å². The molecule has 0 atom stereocenters. The molecule has 0 heterocycles. The molecule has 1 aliphatic rings. The summed E-state index contributed by atoms with van der Waals surface area (Å²) in [6.07, 6.45) is -2.43. The highest BCUT2D eigenvalue weighted by atomic mass is 19.4. The highest BCUT2D eigenvalue weighted by Gasteiger charge is 2.40. The van der Waals surface area contributed by atoms with Crippen LogP contribution in [0.15, 0.2) is 18.2 Å². The van der Waals surface area contributed by atoms with E-state index in [1.807, 2.05) is 0 Å². The second-order valence-corrected chi connectivity index (χ2v) is 4.99. The van der Waals surface area contributed by atoms with Crippen molar-refractivity contribution in [3.8, 4) is 0 Å². The maximum Gasteiger partial charge on any atom is 0.416 e. The summed E-state index contributed by atoms with van der Waals surface area (Å²) < 4.78 is 38.2. The molecule has 1 aliphatic carbocycles. The smallest absolute Gasteiger partial charge is 0.324 e. The molecule has 19 heavy (non-hydrogen) atoms. The Morgan fingerprint density at radius 1 is 1.37 bits per heavy atom. The predicted octanol–water partition coefficient (Wildman–Crippen LogP) is 2.83. The average molecular weight is 272 g/mol. The van der Waals surface area contributed by atoms with Gasteiger partial charge in [-0.25, -0.2) is 0 Å². The van der Waals surface area contributed by atoms with Crippen molar-refractivity contribution in [3.63, 3.8) is 0 Å². The lowest BCUT2D eigenvalue weighted by Gasteiger charge is -2.36. The van der Waals surface area contributed by atoms with E-state index in [1.54, 1.807) is 0 Å². The standard InChI is InChI=1S/C13H15F3N2O/c1-8-3-4-9(7-10(8)13(14,15)16)18-11(19)12(17)5-2-6-12/h3-4,7H,2,5-6,17H2,1H3,(H,18,19). The van der Waals surface area contributed by atoms with Crippen LogP contribution in [-0.4, -0.2) is 11.4 Å². The van der Waals surface area contributed by atoms with Gasteiger partial charge >= 0.3 is 6.18 Å². The van der Waals surface area contributed by atoms with Crippen LogP contribution in [0.25, 0.3) is 0 Å². The third-order valence-corrected chi connectivity index (χ3v) is 3.50. The number of hydrogen-bond acceptors (Lipinski definition) is 2. The van der Waals surface area contributed by atoms with Gasteiger partial charge in [0.15, 0.2) is 0 Å². The molecule has 0 spiro atoms. The van der Waals surface area contributed by atoms with Gasteiger partial charge in [0.1, 0.15) is 0 Å². The number of hydrogen-bond donors (Lipinski definition) is 2. The van der Waals surface area contributed by atoms with E-state index < -0.39 is 23.2 Å². The van der Waals surface area contributed by atoms with Crippen molar-refractivity contribution in [1.29, 1.82) is 0 Å². The van der Waals surface area contributed by atoms with Gasteiger partial charge in [0.05, 0.1) is 11.1 Å². The van der Waals surface area contributed by atoms with E-state index in [0.717, 1.165) is 12.5 Å². The molecule has 1 amide bonds. The molecule has 0 saturated heterocycles. The first-order chi connectivity index (χ1) is 8.72. The zero-order valence-electron chi connectivity index (χ0n) is 10.5. The van der Waals surface area contributed by atoms with Crippen LogP contribution in [-0.2, 0) is 11.0 Å². The van der Waals surface area contributed by atoms with E-state index in [1.165, 1.54) is 19.1 Å². The second kappa shape index (κ2) is 4.52. The SMILES string of the molecule is Cc1ccc(NC(=O)C2(N)CCC2)cc1C(F)(F)F. The molecule has 1 fully saturated rings. The molecule has 104 valence electrons. The van der Waals surface area contributed by atoms with Crippen molar-refractivity contribution in [2.24, 2.45) is 5.73 Å². The lowest BCUT2D eigenvalue weighted by Crippen LogP contribution is -2.56. The maximum atomic E-state index is 12.7. The second-order valence-electron chi connectivity index (χ2n) is 4.99. The minimum atomic E-state index is -4.43. The van der Waals surface area contributed by atoms with Crippen LogP contribution in [0.2, 0.25) is 0 Å². The number of nitrogens with two attached hydrogens (primary N) is 1. The lowest BCUT2D eigenvalue weighted by atomic mass is 9.77. The summed E-state index contributed by atoms with van der Waals surface area (Å²) in [5, 5.41) is 2.46. The largest absolute Gasteiger partial charge is 0.416 e. The number of rotatable bonds is 2. The Hall–Kier alpha value is -1.56. The van der Waals surface area contributed by atoms with E-state index in [9.17, 15) is 18.0 Å². The van der Waals surface area contributed by atoms with Crippen LogP contribution in [0.4, 0.5) is 18.9 Å². The van der Waals surface area contributed by atoms with Crippen molar-refractivity contribution in [2.45, 2.75) is 37.9 Å². The molecule has 1 aromatic rings. The van der Waals surface area contributed by atoms with E-state index in [2.05, 4.69) is 5.32 Å². The van der Waals surface area contributed by atoms with E-state index >= 15 is 0 Å². The molecule has 3 N–H and O–H groups in total. The van der Waals surface area contributed by atoms with Crippen molar-refractivity contribution in [1.82, 2.24) is 0 Å². The molecule has 0 bridgehead atoms. The summed E-state index contributed by atoms with van der Waals surface area (Å²) in [5.74, 6) is -0.421. The molecular weight excluding hydrogens is 257 g/mol. The van der Waals surface area contributed by atoms with Crippen molar-refractivity contribution in [2.75, 3.05) is 5.32 Å². The van der Waals surface area contributed by atoms with Gasteiger partial charge in [0, 0.05) is 5.69 Å². The zero-order chi connectivity index (χ0) is 14.3. The Morgan fingerprint density at radius 2 is 2.00 bits per heavy atom. The van der Waals surface area contributed by atoms with Gasteiger partial charge in [-0.15, -0.1) is 0 Å². The molecule has 0 aliphatic heterocycles. The fourth-order valence-corrected chi connectivity index (χ4v) is 2.05. The minimum Gasteiger partial charge on any atom is -0.324 e. The summed E-state index contributed by atoms with van der Waals surface area (Å²) in [4.78, 5) is 11.8. The Balaban J connectivity index is 2.20. The van der Waals surface area contributed by atoms with Gasteiger partial charge in [-0.3, -0.25) is 4.79 Å². The predicted molar refractivity (Wildman–Crippen MR) is 65.6 cm³/mol. The number of benzene rings is 1. The number of alkyl halides is 3. The summed E-state index contributed by atoms with van der Waals surface area (Å²) in [6.45, 7) is 1.38. The first-order valence-electron chi connectivity index (χ1n) is 6.00. The fraction of sp³-hybridized carbons (Fsp3) is 0.462. The number of nitrogens with one attached hydrogen (secondary N) is 1. The summed E-state index contributed by atoms with van der Waals surface area (Å²) in [6, 6.07) is 3.72. The Morgan fingerprint density at radius 3 is 2.47 bits per heavy atom. The number of carbonyl (C=O) groups is 1. The van der Waals surface area contributed by atoms with Crippen molar-refractivity contribution >= 4 is 11.6 Å². The van der Waals surface area contributed by atoms with Gasteiger partial charge in [-0.05, 0) is 43.9 Å². The van der Waals surface area contributed by atoms with E-state index in [4.69, 9.17) is 5.73 Å². The first-order valence-corrected chi connectivity index (χ1v) is 6.00. The molecular formula is C13H15F3N2O. The quantitative estimate of drug-likeness (QED) is 0.869. The summed E-state index contributed by atoms with van der Waals surface area (Å²) in [7, 11) is 0. The van der Waals surface area contributed by atoms with Gasteiger partial charge in [0.2, 0.25) is 5.91 Å². The number of carbonyl (C=O) groups excluding carboxylic acids is 1. The van der Waals surface area contributed by atoms with Crippen LogP contribution in [0, 0.1) is 6.92 Å². The summed E-state index contributed by atoms with van der Waals surface area (Å²) >= 11 is 0. The zero-order valence-corrected chi connectivity index (χ0v) is 10.5. The third kappa shape index (κ3) is 2.73. The number of halogens is 3. The first kappa shape index (κ1) is 13.9.